The van der Waals surface area contributed by atoms with Crippen molar-refractivity contribution < 1.29 is 23.3 Å². The normalized spacial score (nSPS) is 25.9. The molecule has 2 amide bonds. The summed E-state index contributed by atoms with van der Waals surface area (Å²) in [6.07, 6.45) is 0.406. The molecule has 41 heavy (non-hydrogen) atoms. The summed E-state index contributed by atoms with van der Waals surface area (Å²) in [6.45, 7) is 0. The van der Waals surface area contributed by atoms with E-state index in [2.05, 4.69) is 20.8 Å². The first kappa shape index (κ1) is 27.6. The Bertz CT molecular complexity index is 1560. The lowest BCUT2D eigenvalue weighted by atomic mass is 9.83. The molecule has 212 valence electrons. The topological polar surface area (TPSA) is 136 Å². The smallest absolute Gasteiger partial charge is 0.354 e. The van der Waals surface area contributed by atoms with Crippen LogP contribution in [-0.2, 0) is 42.4 Å². The van der Waals surface area contributed by atoms with Gasteiger partial charge in [-0.3, -0.25) is 18.7 Å². The van der Waals surface area contributed by atoms with Crippen molar-refractivity contribution >= 4 is 51.9 Å². The molecule has 6 rings (SSSR count). The molecule has 1 unspecified atom stereocenters. The molecule has 1 saturated carbocycles. The number of tetrazole rings is 1. The lowest BCUT2D eigenvalue weighted by molar-refractivity contribution is -0.152. The van der Waals surface area contributed by atoms with E-state index < -0.39 is 50.2 Å². The number of nitrogens with one attached hydrogen (secondary N) is 1. The first-order chi connectivity index (χ1) is 19.8. The number of aromatic nitrogens is 4. The Hall–Kier alpha value is -3.55. The van der Waals surface area contributed by atoms with Gasteiger partial charge in [0.25, 0.3) is 5.91 Å². The van der Waals surface area contributed by atoms with Crippen LogP contribution in [0.1, 0.15) is 17.5 Å². The number of esters is 1. The van der Waals surface area contributed by atoms with Crippen LogP contribution >= 0.6 is 23.4 Å². The van der Waals surface area contributed by atoms with E-state index in [-0.39, 0.29) is 17.3 Å². The number of ether oxygens (including phenoxy) is 1. The molecule has 4 atom stereocenters. The van der Waals surface area contributed by atoms with Gasteiger partial charge in [-0.2, -0.15) is 0 Å². The van der Waals surface area contributed by atoms with Crippen LogP contribution in [0.3, 0.4) is 0 Å². The molecular weight excluding hydrogens is 588 g/mol. The summed E-state index contributed by atoms with van der Waals surface area (Å²) in [4.78, 5) is 40.4. The van der Waals surface area contributed by atoms with Gasteiger partial charge in [-0.1, -0.05) is 72.4 Å². The third kappa shape index (κ3) is 3.97. The number of fused-ring (bicyclic) bond motifs is 1. The Labute approximate surface area is 247 Å². The summed E-state index contributed by atoms with van der Waals surface area (Å²) in [7, 11) is 1.16. The number of amides is 2. The Kier molecular flexibility index (Phi) is 6.99. The average molecular weight is 613 g/mol. The first-order valence-electron chi connectivity index (χ1n) is 12.7. The molecule has 1 aliphatic carbocycles. The molecule has 1 spiro atoms. The summed E-state index contributed by atoms with van der Waals surface area (Å²) in [5, 5.41) is 13.8. The van der Waals surface area contributed by atoms with Gasteiger partial charge >= 0.3 is 5.97 Å². The molecule has 2 aromatic carbocycles. The second kappa shape index (κ2) is 10.4. The predicted octanol–water partition coefficient (Wildman–Crippen LogP) is 1.51. The fourth-order valence-corrected chi connectivity index (χ4v) is 9.87. The number of hydrogen-bond acceptors (Lipinski definition) is 9. The molecule has 0 radical (unpaired) electrons. The van der Waals surface area contributed by atoms with Crippen LogP contribution in [0.4, 0.5) is 0 Å². The minimum absolute atomic E-state index is 0.0369. The van der Waals surface area contributed by atoms with Crippen molar-refractivity contribution in [2.24, 2.45) is 7.05 Å². The maximum Gasteiger partial charge on any atom is 0.354 e. The van der Waals surface area contributed by atoms with E-state index in [1.54, 1.807) is 7.05 Å². The van der Waals surface area contributed by atoms with Crippen LogP contribution in [0, 0.1) is 0 Å². The fraction of sp³-hybridized carbons (Fsp3) is 0.333. The average Bonchev–Trinajstić information content (AvgIpc) is 3.55. The highest BCUT2D eigenvalue weighted by Gasteiger charge is 2.80. The van der Waals surface area contributed by atoms with Gasteiger partial charge in [-0.15, -0.1) is 16.7 Å². The highest BCUT2D eigenvalue weighted by molar-refractivity contribution is 7.99. The number of methoxy groups -OCH3 is 1. The Morgan fingerprint density at radius 2 is 1.78 bits per heavy atom. The molecule has 3 aliphatic rings. The lowest BCUT2D eigenvalue weighted by Crippen LogP contribution is -2.75. The van der Waals surface area contributed by atoms with E-state index in [0.29, 0.717) is 17.2 Å². The molecule has 1 N–H and O–H groups in total. The number of aryl methyl sites for hydroxylation is 1. The Balaban J connectivity index is 1.59. The molecule has 14 heteroatoms. The van der Waals surface area contributed by atoms with E-state index in [9.17, 15) is 18.6 Å². The van der Waals surface area contributed by atoms with Gasteiger partial charge in [-0.25, -0.2) is 9.48 Å². The molecule has 3 aromatic rings. The summed E-state index contributed by atoms with van der Waals surface area (Å²) in [5.74, 6) is -2.04. The number of thioether (sulfide) groups is 1. The molecule has 3 heterocycles. The maximum atomic E-state index is 14.9. The van der Waals surface area contributed by atoms with Gasteiger partial charge < -0.3 is 10.1 Å². The molecule has 1 saturated heterocycles. The number of carbonyl (C=O) groups is 3. The Morgan fingerprint density at radius 3 is 2.32 bits per heavy atom. The van der Waals surface area contributed by atoms with Gasteiger partial charge in [-0.05, 0) is 33.5 Å². The third-order valence-corrected chi connectivity index (χ3v) is 11.6. The van der Waals surface area contributed by atoms with Gasteiger partial charge in [0.2, 0.25) is 11.1 Å². The quantitative estimate of drug-likeness (QED) is 0.174. The number of halogens is 1. The maximum absolute atomic E-state index is 14.9. The zero-order chi connectivity index (χ0) is 28.9. The van der Waals surface area contributed by atoms with Crippen molar-refractivity contribution in [3.05, 3.63) is 83.1 Å². The van der Waals surface area contributed by atoms with E-state index in [0.717, 1.165) is 11.1 Å². The summed E-state index contributed by atoms with van der Waals surface area (Å²) < 4.78 is 20.5. The number of alkyl halides is 1. The monoisotopic (exact) mass is 612 g/mol. The van der Waals surface area contributed by atoms with Crippen molar-refractivity contribution in [1.82, 2.24) is 30.4 Å². The van der Waals surface area contributed by atoms with Crippen molar-refractivity contribution in [1.29, 1.82) is 0 Å². The van der Waals surface area contributed by atoms with E-state index in [4.69, 9.17) is 16.3 Å². The lowest BCUT2D eigenvalue weighted by Gasteiger charge is -2.52. The zero-order valence-electron chi connectivity index (χ0n) is 22.0. The number of hydrogen-bond donors (Lipinski definition) is 1. The van der Waals surface area contributed by atoms with Crippen LogP contribution < -0.4 is 5.32 Å². The van der Waals surface area contributed by atoms with Crippen molar-refractivity contribution in [3.8, 4) is 0 Å². The predicted molar refractivity (Wildman–Crippen MR) is 151 cm³/mol. The number of rotatable bonds is 8. The molecule has 11 nitrogen and oxygen atoms in total. The number of nitrogens with zero attached hydrogens (tertiary/aromatic N) is 5. The summed E-state index contributed by atoms with van der Waals surface area (Å²) in [5.41, 5.74) is 1.60. The van der Waals surface area contributed by atoms with Crippen LogP contribution in [0.15, 0.2) is 77.1 Å². The summed E-state index contributed by atoms with van der Waals surface area (Å²) >= 11 is 6.99. The second-order valence-corrected chi connectivity index (χ2v) is 12.9. The van der Waals surface area contributed by atoms with Gasteiger partial charge in [0.1, 0.15) is 23.0 Å². The van der Waals surface area contributed by atoms with E-state index in [1.807, 2.05) is 60.7 Å². The first-order valence-corrected chi connectivity index (χ1v) is 15.4. The van der Waals surface area contributed by atoms with Crippen LogP contribution in [0.5, 0.6) is 0 Å². The van der Waals surface area contributed by atoms with E-state index in [1.165, 1.54) is 28.5 Å². The van der Waals surface area contributed by atoms with E-state index >= 15 is 0 Å². The molecule has 1 aromatic heterocycles. The van der Waals surface area contributed by atoms with Gasteiger partial charge in [0.05, 0.1) is 22.7 Å². The highest BCUT2D eigenvalue weighted by atomic mass is 35.5. The van der Waals surface area contributed by atoms with Crippen molar-refractivity contribution in [2.75, 3.05) is 18.7 Å². The fourth-order valence-electron chi connectivity index (χ4n) is 6.13. The molecule has 2 aliphatic heterocycles. The largest absolute Gasteiger partial charge is 0.464 e. The molecule has 0 bridgehead atoms. The van der Waals surface area contributed by atoms with Crippen LogP contribution in [-0.4, -0.2) is 82.0 Å². The summed E-state index contributed by atoms with van der Waals surface area (Å²) in [6, 6.07) is 18.4. The van der Waals surface area contributed by atoms with Gasteiger partial charge in [0.15, 0.2) is 0 Å². The SMILES string of the molecule is COC(=O)C1=C(CSc2nnnn2C)[C@]2(CC2(c2ccccc2)c2ccccc2)S(=O)[C@@H]2[C@H](NC(=O)CCl)C(=O)N12. The van der Waals surface area contributed by atoms with Crippen molar-refractivity contribution in [3.63, 3.8) is 0 Å². The van der Waals surface area contributed by atoms with Crippen molar-refractivity contribution in [2.45, 2.75) is 33.2 Å². The van der Waals surface area contributed by atoms with Gasteiger partial charge in [0, 0.05) is 18.2 Å². The zero-order valence-corrected chi connectivity index (χ0v) is 24.4. The third-order valence-electron chi connectivity index (χ3n) is 7.98. The standard InChI is InChI=1S/C27H25ClN6O5S2/c1-33-25(30-31-32-33)40-14-18-21(24(37)39-2)34-22(36)20(29-19(35)13-28)23(34)41(38)27(18)15-26(27,16-9-5-3-6-10-16)17-11-7-4-8-12-17/h3-12,20,23H,13-15H2,1-2H3,(H,29,35)/t20-,23-,27+,41?/m1/s1. The molecule has 2 fully saturated rings. The van der Waals surface area contributed by atoms with Crippen LogP contribution in [0.25, 0.3) is 0 Å². The highest BCUT2D eigenvalue weighted by Crippen LogP contribution is 2.71. The Morgan fingerprint density at radius 1 is 1.15 bits per heavy atom. The second-order valence-electron chi connectivity index (χ2n) is 9.91. The molecular formula is C27H25ClN6O5S2. The number of carbonyl (C=O) groups excluding carboxylic acids is 3. The number of benzene rings is 2. The van der Waals surface area contributed by atoms with Crippen LogP contribution in [0.2, 0.25) is 0 Å². The number of β-lactam (4-membered cyclic amide) rings is 1. The minimum Gasteiger partial charge on any atom is -0.464 e. The minimum atomic E-state index is -1.78.